The first-order valence-electron chi connectivity index (χ1n) is 9.94. The summed E-state index contributed by atoms with van der Waals surface area (Å²) in [6, 6.07) is 16.2. The van der Waals surface area contributed by atoms with Crippen LogP contribution in [0.1, 0.15) is 18.3 Å². The molecule has 8 nitrogen and oxygen atoms in total. The molecule has 4 rings (SSSR count). The minimum absolute atomic E-state index is 0.112. The molecule has 0 spiro atoms. The summed E-state index contributed by atoms with van der Waals surface area (Å²) in [6.45, 7) is 2.11. The molecule has 0 bridgehead atoms. The number of fused-ring (bicyclic) bond motifs is 1. The summed E-state index contributed by atoms with van der Waals surface area (Å²) in [5, 5.41) is 7.52. The monoisotopic (exact) mass is 418 g/mol. The molecule has 2 aromatic heterocycles. The Balaban J connectivity index is 1.62. The van der Waals surface area contributed by atoms with Crippen LogP contribution in [-0.2, 0) is 24.3 Å². The van der Waals surface area contributed by atoms with E-state index in [1.165, 1.54) is 10.6 Å². The molecule has 0 fully saturated rings. The molecular weight excluding hydrogens is 396 g/mol. The molecule has 0 radical (unpaired) electrons. The largest absolute Gasteiger partial charge is 0.496 e. The van der Waals surface area contributed by atoms with Crippen LogP contribution in [0.25, 0.3) is 22.4 Å². The molecule has 1 amide bonds. The van der Waals surface area contributed by atoms with Gasteiger partial charge in [0.25, 0.3) is 11.4 Å². The van der Waals surface area contributed by atoms with Crippen molar-refractivity contribution in [3.63, 3.8) is 0 Å². The van der Waals surface area contributed by atoms with Crippen molar-refractivity contribution in [2.45, 2.75) is 26.4 Å². The first-order chi connectivity index (χ1) is 15.1. The van der Waals surface area contributed by atoms with Crippen molar-refractivity contribution in [3.8, 4) is 17.2 Å². The van der Waals surface area contributed by atoms with Gasteiger partial charge in [-0.3, -0.25) is 14.2 Å². The SMILES string of the molecule is CCc1noc(-c2cc(=O)n(CC(=O)NCc3ccccc3OC)c3ccccc23)n1. The number of aryl methyl sites for hydroxylation is 1. The molecule has 2 heterocycles. The molecule has 8 heteroatoms. The Morgan fingerprint density at radius 3 is 2.71 bits per heavy atom. The molecule has 0 atom stereocenters. The first-order valence-corrected chi connectivity index (χ1v) is 9.94. The number of carbonyl (C=O) groups is 1. The number of rotatable bonds is 7. The molecule has 0 aliphatic rings. The fraction of sp³-hybridized carbons (Fsp3) is 0.217. The second kappa shape index (κ2) is 8.83. The fourth-order valence-corrected chi connectivity index (χ4v) is 3.42. The standard InChI is InChI=1S/C23H22N4O4/c1-3-20-25-23(31-26-20)17-12-22(29)27(18-10-6-5-9-16(17)18)14-21(28)24-13-15-8-4-7-11-19(15)30-2/h4-12H,3,13-14H2,1-2H3,(H,24,28). The second-order valence-electron chi connectivity index (χ2n) is 6.96. The van der Waals surface area contributed by atoms with Crippen molar-refractivity contribution in [2.75, 3.05) is 7.11 Å². The van der Waals surface area contributed by atoms with E-state index in [2.05, 4.69) is 15.5 Å². The van der Waals surface area contributed by atoms with E-state index in [0.29, 0.717) is 35.6 Å². The average molecular weight is 418 g/mol. The van der Waals surface area contributed by atoms with Gasteiger partial charge in [-0.25, -0.2) is 0 Å². The highest BCUT2D eigenvalue weighted by Crippen LogP contribution is 2.26. The minimum Gasteiger partial charge on any atom is -0.496 e. The highest BCUT2D eigenvalue weighted by atomic mass is 16.5. The highest BCUT2D eigenvalue weighted by molar-refractivity contribution is 5.93. The van der Waals surface area contributed by atoms with Crippen molar-refractivity contribution in [1.82, 2.24) is 20.0 Å². The summed E-state index contributed by atoms with van der Waals surface area (Å²) in [5.41, 5.74) is 1.71. The topological polar surface area (TPSA) is 99.2 Å². The molecule has 4 aromatic rings. The van der Waals surface area contributed by atoms with Crippen molar-refractivity contribution in [2.24, 2.45) is 0 Å². The lowest BCUT2D eigenvalue weighted by Crippen LogP contribution is -2.32. The maximum absolute atomic E-state index is 12.9. The third-order valence-electron chi connectivity index (χ3n) is 5.00. The van der Waals surface area contributed by atoms with Crippen molar-refractivity contribution in [3.05, 3.63) is 76.3 Å². The summed E-state index contributed by atoms with van der Waals surface area (Å²) >= 11 is 0. The first kappa shape index (κ1) is 20.3. The van der Waals surface area contributed by atoms with Crippen LogP contribution in [-0.4, -0.2) is 27.7 Å². The molecule has 0 saturated carbocycles. The summed E-state index contributed by atoms with van der Waals surface area (Å²) in [4.78, 5) is 29.9. The van der Waals surface area contributed by atoms with Crippen LogP contribution in [0.2, 0.25) is 0 Å². The number of benzene rings is 2. The highest BCUT2D eigenvalue weighted by Gasteiger charge is 2.17. The van der Waals surface area contributed by atoms with Gasteiger partial charge < -0.3 is 14.6 Å². The summed E-state index contributed by atoms with van der Waals surface area (Å²) in [6.07, 6.45) is 0.630. The van der Waals surface area contributed by atoms with E-state index in [4.69, 9.17) is 9.26 Å². The number of hydrogen-bond acceptors (Lipinski definition) is 6. The Kier molecular flexibility index (Phi) is 5.79. The Hall–Kier alpha value is -3.94. The van der Waals surface area contributed by atoms with Crippen molar-refractivity contribution < 1.29 is 14.1 Å². The number of nitrogens with zero attached hydrogens (tertiary/aromatic N) is 3. The Morgan fingerprint density at radius 1 is 1.16 bits per heavy atom. The fourth-order valence-electron chi connectivity index (χ4n) is 3.42. The lowest BCUT2D eigenvalue weighted by Gasteiger charge is -2.13. The molecule has 0 unspecified atom stereocenters. The molecule has 1 N–H and O–H groups in total. The number of hydrogen-bond donors (Lipinski definition) is 1. The van der Waals surface area contributed by atoms with Crippen LogP contribution < -0.4 is 15.6 Å². The lowest BCUT2D eigenvalue weighted by atomic mass is 10.1. The third kappa shape index (κ3) is 4.18. The molecule has 2 aromatic carbocycles. The number of amides is 1. The second-order valence-corrected chi connectivity index (χ2v) is 6.96. The van der Waals surface area contributed by atoms with Gasteiger partial charge in [-0.1, -0.05) is 48.5 Å². The smallest absolute Gasteiger partial charge is 0.258 e. The number of carbonyl (C=O) groups excluding carboxylic acids is 1. The predicted molar refractivity (Wildman–Crippen MR) is 116 cm³/mol. The molecule has 31 heavy (non-hydrogen) atoms. The van der Waals surface area contributed by atoms with E-state index >= 15 is 0 Å². The normalized spacial score (nSPS) is 10.9. The zero-order valence-electron chi connectivity index (χ0n) is 17.3. The van der Waals surface area contributed by atoms with Gasteiger partial charge in [-0.15, -0.1) is 0 Å². The Morgan fingerprint density at radius 2 is 1.94 bits per heavy atom. The molecule has 0 saturated heterocycles. The van der Waals surface area contributed by atoms with E-state index in [0.717, 1.165) is 10.9 Å². The van der Waals surface area contributed by atoms with Crippen LogP contribution in [0, 0.1) is 0 Å². The molecule has 0 aliphatic carbocycles. The zero-order chi connectivity index (χ0) is 21.8. The lowest BCUT2D eigenvalue weighted by molar-refractivity contribution is -0.121. The van der Waals surface area contributed by atoms with Crippen molar-refractivity contribution in [1.29, 1.82) is 0 Å². The van der Waals surface area contributed by atoms with Gasteiger partial charge in [-0.2, -0.15) is 4.98 Å². The quantitative estimate of drug-likeness (QED) is 0.495. The number of ether oxygens (including phenoxy) is 1. The van der Waals surface area contributed by atoms with E-state index in [-0.39, 0.29) is 23.9 Å². The number of para-hydroxylation sites is 2. The maximum Gasteiger partial charge on any atom is 0.258 e. The van der Waals surface area contributed by atoms with E-state index < -0.39 is 0 Å². The van der Waals surface area contributed by atoms with E-state index in [9.17, 15) is 9.59 Å². The molecule has 0 aliphatic heterocycles. The van der Waals surface area contributed by atoms with Crippen LogP contribution in [0.3, 0.4) is 0 Å². The van der Waals surface area contributed by atoms with Gasteiger partial charge in [0.15, 0.2) is 5.82 Å². The van der Waals surface area contributed by atoms with Crippen LogP contribution >= 0.6 is 0 Å². The average Bonchev–Trinajstić information content (AvgIpc) is 3.28. The van der Waals surface area contributed by atoms with Gasteiger partial charge >= 0.3 is 0 Å². The number of methoxy groups -OCH3 is 1. The maximum atomic E-state index is 12.9. The van der Waals surface area contributed by atoms with Gasteiger partial charge in [0.1, 0.15) is 12.3 Å². The third-order valence-corrected chi connectivity index (χ3v) is 5.00. The Bertz CT molecular complexity index is 1290. The van der Waals surface area contributed by atoms with Crippen LogP contribution in [0.15, 0.2) is 63.9 Å². The number of nitrogens with one attached hydrogen (secondary N) is 1. The summed E-state index contributed by atoms with van der Waals surface area (Å²) in [7, 11) is 1.58. The number of pyridine rings is 1. The summed E-state index contributed by atoms with van der Waals surface area (Å²) < 4.78 is 12.1. The Labute approximate surface area is 178 Å². The van der Waals surface area contributed by atoms with Gasteiger partial charge in [0.2, 0.25) is 5.91 Å². The van der Waals surface area contributed by atoms with E-state index in [1.54, 1.807) is 13.2 Å². The molecular formula is C23H22N4O4. The van der Waals surface area contributed by atoms with Gasteiger partial charge in [0, 0.05) is 30.0 Å². The predicted octanol–water partition coefficient (Wildman–Crippen LogP) is 2.94. The van der Waals surface area contributed by atoms with Gasteiger partial charge in [-0.05, 0) is 12.1 Å². The molecule has 158 valence electrons. The van der Waals surface area contributed by atoms with Crippen LogP contribution in [0.4, 0.5) is 0 Å². The zero-order valence-corrected chi connectivity index (χ0v) is 17.3. The van der Waals surface area contributed by atoms with Crippen molar-refractivity contribution >= 4 is 16.8 Å². The number of aromatic nitrogens is 3. The summed E-state index contributed by atoms with van der Waals surface area (Å²) in [5.74, 6) is 1.27. The minimum atomic E-state index is -0.322. The van der Waals surface area contributed by atoms with Crippen LogP contribution in [0.5, 0.6) is 5.75 Å². The van der Waals surface area contributed by atoms with E-state index in [1.807, 2.05) is 49.4 Å². The van der Waals surface area contributed by atoms with Gasteiger partial charge in [0.05, 0.1) is 18.2 Å².